The SMILES string of the molecule is CN=C(NCC1CN(CC(C)C)CCO1)N1CCOC(c2cnn(C)c2)C1.I. The highest BCUT2D eigenvalue weighted by atomic mass is 127. The van der Waals surface area contributed by atoms with Crippen molar-refractivity contribution in [2.24, 2.45) is 18.0 Å². The summed E-state index contributed by atoms with van der Waals surface area (Å²) in [5, 5.41) is 7.77. The molecule has 160 valence electrons. The minimum atomic E-state index is 0. The molecule has 2 atom stereocenters. The van der Waals surface area contributed by atoms with Crippen LogP contribution in [0.1, 0.15) is 25.5 Å². The Hall–Kier alpha value is -0.910. The van der Waals surface area contributed by atoms with Gasteiger partial charge < -0.3 is 19.7 Å². The van der Waals surface area contributed by atoms with E-state index in [1.807, 2.05) is 31.2 Å². The fraction of sp³-hybridized carbons (Fsp3) is 0.789. The van der Waals surface area contributed by atoms with Gasteiger partial charge in [0.2, 0.25) is 0 Å². The molecule has 0 amide bonds. The van der Waals surface area contributed by atoms with Crippen LogP contribution in [0.5, 0.6) is 0 Å². The summed E-state index contributed by atoms with van der Waals surface area (Å²) >= 11 is 0. The molecule has 3 rings (SSSR count). The van der Waals surface area contributed by atoms with Crippen molar-refractivity contribution in [2.75, 3.05) is 59.5 Å². The fourth-order valence-electron chi connectivity index (χ4n) is 3.77. The molecule has 2 aliphatic heterocycles. The molecule has 0 spiro atoms. The van der Waals surface area contributed by atoms with E-state index < -0.39 is 0 Å². The smallest absolute Gasteiger partial charge is 0.193 e. The van der Waals surface area contributed by atoms with E-state index in [0.717, 1.165) is 57.4 Å². The molecule has 0 radical (unpaired) electrons. The molecule has 1 aromatic rings. The lowest BCUT2D eigenvalue weighted by Gasteiger charge is -2.37. The fourth-order valence-corrected chi connectivity index (χ4v) is 3.77. The van der Waals surface area contributed by atoms with Crippen molar-refractivity contribution >= 4 is 29.9 Å². The minimum absolute atomic E-state index is 0. The van der Waals surface area contributed by atoms with E-state index in [-0.39, 0.29) is 36.2 Å². The van der Waals surface area contributed by atoms with Crippen molar-refractivity contribution in [2.45, 2.75) is 26.1 Å². The van der Waals surface area contributed by atoms with Crippen molar-refractivity contribution < 1.29 is 9.47 Å². The molecule has 0 aromatic carbocycles. The molecule has 28 heavy (non-hydrogen) atoms. The number of halogens is 1. The van der Waals surface area contributed by atoms with Crippen LogP contribution in [0.4, 0.5) is 0 Å². The number of nitrogens with zero attached hydrogens (tertiary/aromatic N) is 5. The van der Waals surface area contributed by atoms with Gasteiger partial charge in [-0.3, -0.25) is 14.6 Å². The van der Waals surface area contributed by atoms with Crippen molar-refractivity contribution in [3.63, 3.8) is 0 Å². The van der Waals surface area contributed by atoms with Crippen LogP contribution in [0, 0.1) is 5.92 Å². The lowest BCUT2D eigenvalue weighted by molar-refractivity contribution is -0.0298. The molecule has 9 heteroatoms. The number of aliphatic imine (C=N–C) groups is 1. The molecular formula is C19H35IN6O2. The van der Waals surface area contributed by atoms with Crippen molar-refractivity contribution in [1.29, 1.82) is 0 Å². The second kappa shape index (κ2) is 11.3. The summed E-state index contributed by atoms with van der Waals surface area (Å²) in [5.41, 5.74) is 1.11. The number of nitrogens with one attached hydrogen (secondary N) is 1. The number of aryl methyl sites for hydroxylation is 1. The number of aromatic nitrogens is 2. The maximum absolute atomic E-state index is 5.95. The average Bonchev–Trinajstić information content (AvgIpc) is 3.09. The van der Waals surface area contributed by atoms with Gasteiger partial charge in [-0.25, -0.2) is 0 Å². The number of guanidine groups is 1. The second-order valence-corrected chi connectivity index (χ2v) is 7.83. The molecule has 3 heterocycles. The number of hydrogen-bond acceptors (Lipinski definition) is 5. The quantitative estimate of drug-likeness (QED) is 0.370. The monoisotopic (exact) mass is 506 g/mol. The summed E-state index contributed by atoms with van der Waals surface area (Å²) in [6.07, 6.45) is 4.12. The lowest BCUT2D eigenvalue weighted by atomic mass is 10.1. The van der Waals surface area contributed by atoms with Crippen LogP contribution in [0.3, 0.4) is 0 Å². The molecular weight excluding hydrogens is 471 g/mol. The first-order valence-electron chi connectivity index (χ1n) is 9.95. The van der Waals surface area contributed by atoms with E-state index in [2.05, 4.69) is 39.1 Å². The first-order valence-corrected chi connectivity index (χ1v) is 9.95. The molecule has 8 nitrogen and oxygen atoms in total. The van der Waals surface area contributed by atoms with Crippen molar-refractivity contribution in [3.8, 4) is 0 Å². The Morgan fingerprint density at radius 3 is 2.75 bits per heavy atom. The van der Waals surface area contributed by atoms with E-state index in [1.54, 1.807) is 0 Å². The van der Waals surface area contributed by atoms with Gasteiger partial charge in [0.25, 0.3) is 0 Å². The number of hydrogen-bond donors (Lipinski definition) is 1. The molecule has 2 saturated heterocycles. The van der Waals surface area contributed by atoms with Crippen molar-refractivity contribution in [1.82, 2.24) is 24.9 Å². The van der Waals surface area contributed by atoms with Gasteiger partial charge >= 0.3 is 0 Å². The van der Waals surface area contributed by atoms with Crippen LogP contribution in [0.2, 0.25) is 0 Å². The summed E-state index contributed by atoms with van der Waals surface area (Å²) in [7, 11) is 3.76. The minimum Gasteiger partial charge on any atom is -0.374 e. The average molecular weight is 506 g/mol. The Bertz CT molecular complexity index is 623. The topological polar surface area (TPSA) is 67.2 Å². The first kappa shape index (κ1) is 23.4. The van der Waals surface area contributed by atoms with Crippen LogP contribution in [-0.2, 0) is 16.5 Å². The van der Waals surface area contributed by atoms with Gasteiger partial charge in [0, 0.05) is 58.6 Å². The third kappa shape index (κ3) is 6.57. The molecule has 1 N–H and O–H groups in total. The van der Waals surface area contributed by atoms with Crippen LogP contribution >= 0.6 is 24.0 Å². The van der Waals surface area contributed by atoms with Gasteiger partial charge in [-0.05, 0) is 5.92 Å². The summed E-state index contributed by atoms with van der Waals surface area (Å²) in [6, 6.07) is 0. The standard InChI is InChI=1S/C19H34N6O2.HI/c1-15(2)11-24-5-7-26-17(13-24)10-21-19(20-3)25-6-8-27-18(14-25)16-9-22-23(4)12-16;/h9,12,15,17-18H,5-8,10-11,13-14H2,1-4H3,(H,20,21);1H. The molecule has 1 aromatic heterocycles. The van der Waals surface area contributed by atoms with Crippen LogP contribution in [0.15, 0.2) is 17.4 Å². The molecule has 0 aliphatic carbocycles. The number of morpholine rings is 2. The van der Waals surface area contributed by atoms with Gasteiger partial charge in [-0.2, -0.15) is 5.10 Å². The number of rotatable bonds is 5. The van der Waals surface area contributed by atoms with Gasteiger partial charge in [0.1, 0.15) is 6.10 Å². The second-order valence-electron chi connectivity index (χ2n) is 7.83. The van der Waals surface area contributed by atoms with Gasteiger partial charge in [-0.1, -0.05) is 13.8 Å². The largest absolute Gasteiger partial charge is 0.374 e. The van der Waals surface area contributed by atoms with E-state index in [9.17, 15) is 0 Å². The van der Waals surface area contributed by atoms with Crippen LogP contribution in [0.25, 0.3) is 0 Å². The Balaban J connectivity index is 0.00000280. The molecule has 2 fully saturated rings. The zero-order valence-electron chi connectivity index (χ0n) is 17.5. The van der Waals surface area contributed by atoms with Gasteiger partial charge in [-0.15, -0.1) is 24.0 Å². The highest BCUT2D eigenvalue weighted by Gasteiger charge is 2.26. The van der Waals surface area contributed by atoms with Crippen molar-refractivity contribution in [3.05, 3.63) is 18.0 Å². The molecule has 2 aliphatic rings. The summed E-state index contributed by atoms with van der Waals surface area (Å²) in [6.45, 7) is 11.5. The highest BCUT2D eigenvalue weighted by molar-refractivity contribution is 14.0. The van der Waals surface area contributed by atoms with E-state index in [4.69, 9.17) is 9.47 Å². The molecule has 2 unspecified atom stereocenters. The summed E-state index contributed by atoms with van der Waals surface area (Å²) in [4.78, 5) is 9.24. The van der Waals surface area contributed by atoms with Crippen LogP contribution < -0.4 is 5.32 Å². The highest BCUT2D eigenvalue weighted by Crippen LogP contribution is 2.21. The molecule has 0 bridgehead atoms. The van der Waals surface area contributed by atoms with Gasteiger partial charge in [0.15, 0.2) is 5.96 Å². The predicted molar refractivity (Wildman–Crippen MR) is 121 cm³/mol. The van der Waals surface area contributed by atoms with Gasteiger partial charge in [0.05, 0.1) is 32.1 Å². The Morgan fingerprint density at radius 1 is 1.29 bits per heavy atom. The zero-order valence-corrected chi connectivity index (χ0v) is 19.8. The summed E-state index contributed by atoms with van der Waals surface area (Å²) in [5.74, 6) is 1.60. The van der Waals surface area contributed by atoms with E-state index >= 15 is 0 Å². The molecule has 0 saturated carbocycles. The van der Waals surface area contributed by atoms with E-state index in [1.165, 1.54) is 0 Å². The maximum atomic E-state index is 5.95. The normalized spacial score (nSPS) is 24.3. The summed E-state index contributed by atoms with van der Waals surface area (Å²) < 4.78 is 13.7. The predicted octanol–water partition coefficient (Wildman–Crippen LogP) is 1.34. The van der Waals surface area contributed by atoms with Crippen LogP contribution in [-0.4, -0.2) is 91.2 Å². The van der Waals surface area contributed by atoms with E-state index in [0.29, 0.717) is 12.5 Å². The third-order valence-electron chi connectivity index (χ3n) is 5.01. The zero-order chi connectivity index (χ0) is 19.2. The first-order chi connectivity index (χ1) is 13.0. The maximum Gasteiger partial charge on any atom is 0.193 e. The Labute approximate surface area is 185 Å². The Morgan fingerprint density at radius 2 is 2.07 bits per heavy atom. The Kier molecular flexibility index (Phi) is 9.45. The third-order valence-corrected chi connectivity index (χ3v) is 5.01. The lowest BCUT2D eigenvalue weighted by Crippen LogP contribution is -2.52. The number of ether oxygens (including phenoxy) is 2.